The molecule has 35 heavy (non-hydrogen) atoms. The highest BCUT2D eigenvalue weighted by molar-refractivity contribution is 5.76. The van der Waals surface area contributed by atoms with E-state index in [0.29, 0.717) is 19.5 Å². The van der Waals surface area contributed by atoms with Gasteiger partial charge in [0.25, 0.3) is 0 Å². The smallest absolute Gasteiger partial charge is 0.327 e. The number of hydrogen-bond acceptors (Lipinski definition) is 5. The summed E-state index contributed by atoms with van der Waals surface area (Å²) in [5, 5.41) is 1.81. The first-order valence-corrected chi connectivity index (χ1v) is 11.9. The number of carbonyl (C=O) groups is 1. The highest BCUT2D eigenvalue weighted by Gasteiger charge is 2.28. The predicted octanol–water partition coefficient (Wildman–Crippen LogP) is 5.05. The normalized spacial score (nSPS) is 11.8. The van der Waals surface area contributed by atoms with Crippen LogP contribution in [0.3, 0.4) is 0 Å². The number of hydrogen-bond donors (Lipinski definition) is 2. The second-order valence-electron chi connectivity index (χ2n) is 8.31. The van der Waals surface area contributed by atoms with Crippen molar-refractivity contribution < 1.29 is 9.53 Å². The Balaban J connectivity index is 1.53. The van der Waals surface area contributed by atoms with Gasteiger partial charge in [-0.2, -0.15) is 5.12 Å². The Morgan fingerprint density at radius 1 is 0.600 bits per heavy atom. The molecule has 4 aromatic rings. The number of rotatable bonds is 12. The largest absolute Gasteiger partial charge is 0.460 e. The van der Waals surface area contributed by atoms with Crippen molar-refractivity contribution in [1.29, 1.82) is 0 Å². The minimum absolute atomic E-state index is 0.232. The summed E-state index contributed by atoms with van der Waals surface area (Å²) >= 11 is 0. The number of nitrogens with zero attached hydrogens (tertiary/aromatic N) is 1. The maximum Gasteiger partial charge on any atom is 0.327 e. The van der Waals surface area contributed by atoms with E-state index >= 15 is 0 Å². The number of nitrogens with one attached hydrogen (secondary N) is 2. The lowest BCUT2D eigenvalue weighted by atomic mass is 10.1. The fourth-order valence-electron chi connectivity index (χ4n) is 3.76. The molecule has 0 aliphatic heterocycles. The van der Waals surface area contributed by atoms with Gasteiger partial charge in [0.2, 0.25) is 0 Å². The quantitative estimate of drug-likeness (QED) is 0.226. The van der Waals surface area contributed by atoms with Gasteiger partial charge in [0.15, 0.2) is 0 Å². The molecular weight excluding hydrogens is 434 g/mol. The molecule has 0 fully saturated rings. The maximum atomic E-state index is 13.4. The van der Waals surface area contributed by atoms with E-state index in [1.165, 1.54) is 0 Å². The van der Waals surface area contributed by atoms with Gasteiger partial charge in [-0.1, -0.05) is 121 Å². The SMILES string of the molecule is O=C(OCc1ccccc1)[C@H](Cc1ccccc1)N(NCc1ccccc1)NCc1ccccc1. The molecule has 1 atom stereocenters. The second-order valence-corrected chi connectivity index (χ2v) is 8.31. The van der Waals surface area contributed by atoms with Crippen molar-refractivity contribution in [1.82, 2.24) is 16.0 Å². The summed E-state index contributed by atoms with van der Waals surface area (Å²) in [6, 6.07) is 39.4. The highest BCUT2D eigenvalue weighted by atomic mass is 16.5. The highest BCUT2D eigenvalue weighted by Crippen LogP contribution is 2.12. The average Bonchev–Trinajstić information content (AvgIpc) is 2.93. The molecule has 5 heteroatoms. The van der Waals surface area contributed by atoms with Gasteiger partial charge in [-0.25, -0.2) is 10.9 Å². The molecule has 0 radical (unpaired) electrons. The molecule has 4 aromatic carbocycles. The van der Waals surface area contributed by atoms with Crippen LogP contribution in [0, 0.1) is 0 Å². The molecule has 0 unspecified atom stereocenters. The Kier molecular flexibility index (Phi) is 9.19. The van der Waals surface area contributed by atoms with E-state index in [9.17, 15) is 4.79 Å². The average molecular weight is 466 g/mol. The van der Waals surface area contributed by atoms with Crippen LogP contribution < -0.4 is 10.9 Å². The monoisotopic (exact) mass is 465 g/mol. The second kappa shape index (κ2) is 13.2. The predicted molar refractivity (Wildman–Crippen MR) is 139 cm³/mol. The molecule has 0 saturated carbocycles. The van der Waals surface area contributed by atoms with E-state index in [1.807, 2.05) is 97.1 Å². The zero-order valence-electron chi connectivity index (χ0n) is 19.7. The Labute approximate surface area is 207 Å². The third kappa shape index (κ3) is 7.90. The van der Waals surface area contributed by atoms with E-state index < -0.39 is 6.04 Å². The first-order valence-electron chi connectivity index (χ1n) is 11.9. The molecule has 0 amide bonds. The molecule has 0 spiro atoms. The van der Waals surface area contributed by atoms with Crippen molar-refractivity contribution in [3.05, 3.63) is 144 Å². The van der Waals surface area contributed by atoms with Crippen LogP contribution in [0.5, 0.6) is 0 Å². The topological polar surface area (TPSA) is 53.6 Å². The summed E-state index contributed by atoms with van der Waals surface area (Å²) in [5.74, 6) is -0.293. The van der Waals surface area contributed by atoms with Crippen LogP contribution in [0.4, 0.5) is 0 Å². The van der Waals surface area contributed by atoms with Crippen LogP contribution in [-0.4, -0.2) is 17.1 Å². The summed E-state index contributed by atoms with van der Waals surface area (Å²) < 4.78 is 5.79. The summed E-state index contributed by atoms with van der Waals surface area (Å²) in [7, 11) is 0. The summed E-state index contributed by atoms with van der Waals surface area (Å²) in [6.45, 7) is 1.37. The van der Waals surface area contributed by atoms with Gasteiger partial charge in [-0.05, 0) is 22.3 Å². The molecule has 2 N–H and O–H groups in total. The Morgan fingerprint density at radius 2 is 1.00 bits per heavy atom. The molecule has 4 rings (SSSR count). The summed E-state index contributed by atoms with van der Waals surface area (Å²) in [5.41, 5.74) is 11.1. The van der Waals surface area contributed by atoms with Gasteiger partial charge in [-0.15, -0.1) is 0 Å². The minimum atomic E-state index is -0.575. The van der Waals surface area contributed by atoms with E-state index in [4.69, 9.17) is 4.74 Å². The van der Waals surface area contributed by atoms with Crippen LogP contribution in [0.1, 0.15) is 22.3 Å². The van der Waals surface area contributed by atoms with E-state index in [1.54, 1.807) is 5.12 Å². The number of esters is 1. The molecule has 0 aromatic heterocycles. The number of carbonyl (C=O) groups excluding carboxylic acids is 1. The fraction of sp³-hybridized carbons (Fsp3) is 0.167. The van der Waals surface area contributed by atoms with E-state index in [2.05, 4.69) is 35.1 Å². The van der Waals surface area contributed by atoms with Gasteiger partial charge in [0.05, 0.1) is 0 Å². The lowest BCUT2D eigenvalue weighted by Gasteiger charge is -2.31. The lowest BCUT2D eigenvalue weighted by Crippen LogP contribution is -2.57. The van der Waals surface area contributed by atoms with Gasteiger partial charge in [-0.3, -0.25) is 4.79 Å². The van der Waals surface area contributed by atoms with Crippen molar-refractivity contribution in [2.75, 3.05) is 0 Å². The zero-order valence-corrected chi connectivity index (χ0v) is 19.7. The van der Waals surface area contributed by atoms with Gasteiger partial charge in [0.1, 0.15) is 12.6 Å². The van der Waals surface area contributed by atoms with Gasteiger partial charge < -0.3 is 4.74 Å². The van der Waals surface area contributed by atoms with Crippen molar-refractivity contribution >= 4 is 5.97 Å². The first kappa shape index (κ1) is 24.4. The molecule has 0 heterocycles. The number of ether oxygens (including phenoxy) is 1. The summed E-state index contributed by atoms with van der Waals surface area (Å²) in [6.07, 6.45) is 0.498. The third-order valence-electron chi connectivity index (χ3n) is 5.67. The first-order chi connectivity index (χ1) is 17.3. The number of hydrazine groups is 2. The maximum absolute atomic E-state index is 13.4. The van der Waals surface area contributed by atoms with Crippen LogP contribution in [0.15, 0.2) is 121 Å². The molecule has 0 saturated heterocycles. The molecule has 0 bridgehead atoms. The Morgan fingerprint density at radius 3 is 1.46 bits per heavy atom. The van der Waals surface area contributed by atoms with Crippen LogP contribution in [-0.2, 0) is 35.6 Å². The molecule has 0 aliphatic carbocycles. The van der Waals surface area contributed by atoms with Crippen LogP contribution in [0.25, 0.3) is 0 Å². The Bertz CT molecular complexity index is 1100. The van der Waals surface area contributed by atoms with Gasteiger partial charge >= 0.3 is 5.97 Å². The molecule has 178 valence electrons. The third-order valence-corrected chi connectivity index (χ3v) is 5.67. The zero-order chi connectivity index (χ0) is 24.1. The Hall–Kier alpha value is -3.77. The standard InChI is InChI=1S/C30H31N3O2/c34-30(35-24-28-19-11-4-12-20-28)29(21-25-13-5-1-6-14-25)33(31-22-26-15-7-2-8-16-26)32-23-27-17-9-3-10-18-27/h1-20,29,31-32H,21-24H2/t29-/m0/s1. The van der Waals surface area contributed by atoms with E-state index in [-0.39, 0.29) is 12.6 Å². The van der Waals surface area contributed by atoms with Crippen LogP contribution in [0.2, 0.25) is 0 Å². The summed E-state index contributed by atoms with van der Waals surface area (Å²) in [4.78, 5) is 13.4. The van der Waals surface area contributed by atoms with Crippen molar-refractivity contribution in [3.8, 4) is 0 Å². The van der Waals surface area contributed by atoms with Crippen molar-refractivity contribution in [2.45, 2.75) is 32.2 Å². The molecule has 5 nitrogen and oxygen atoms in total. The minimum Gasteiger partial charge on any atom is -0.460 e. The van der Waals surface area contributed by atoms with Gasteiger partial charge in [0, 0.05) is 19.5 Å². The number of benzene rings is 4. The van der Waals surface area contributed by atoms with Crippen molar-refractivity contribution in [2.24, 2.45) is 0 Å². The van der Waals surface area contributed by atoms with Crippen LogP contribution >= 0.6 is 0 Å². The molecular formula is C30H31N3O2. The van der Waals surface area contributed by atoms with Crippen molar-refractivity contribution in [3.63, 3.8) is 0 Å². The molecule has 0 aliphatic rings. The van der Waals surface area contributed by atoms with E-state index in [0.717, 1.165) is 22.3 Å². The fourth-order valence-corrected chi connectivity index (χ4v) is 3.76. The lowest BCUT2D eigenvalue weighted by molar-refractivity contribution is -0.155.